The highest BCUT2D eigenvalue weighted by atomic mass is 35.5. The summed E-state index contributed by atoms with van der Waals surface area (Å²) in [4.78, 5) is 18.9. The van der Waals surface area contributed by atoms with Gasteiger partial charge in [-0.05, 0) is 24.3 Å². The van der Waals surface area contributed by atoms with Crippen LogP contribution in [0.5, 0.6) is 5.75 Å². The van der Waals surface area contributed by atoms with E-state index in [0.717, 1.165) is 21.1 Å². The first-order valence-electron chi connectivity index (χ1n) is 7.79. The Morgan fingerprint density at radius 1 is 1.24 bits per heavy atom. The Kier molecular flexibility index (Phi) is 4.23. The number of ether oxygens (including phenoxy) is 2. The fourth-order valence-corrected chi connectivity index (χ4v) is 3.94. The molecule has 2 aromatic carbocycles. The van der Waals surface area contributed by atoms with Crippen molar-refractivity contribution in [3.05, 3.63) is 53.1 Å². The van der Waals surface area contributed by atoms with E-state index in [-0.39, 0.29) is 12.1 Å². The van der Waals surface area contributed by atoms with Crippen LogP contribution < -0.4 is 9.64 Å². The van der Waals surface area contributed by atoms with Crippen LogP contribution in [0.2, 0.25) is 5.02 Å². The second-order valence-electron chi connectivity index (χ2n) is 5.72. The molecule has 1 aliphatic rings. The SMILES string of the molecule is COc1cccc2sc(N3CC(OC(=O)c4ccccc4Cl)C3)nc12. The van der Waals surface area contributed by atoms with E-state index >= 15 is 0 Å². The Hall–Kier alpha value is -2.31. The third-order valence-corrected chi connectivity index (χ3v) is 5.49. The molecule has 0 saturated carbocycles. The van der Waals surface area contributed by atoms with Gasteiger partial charge in [-0.25, -0.2) is 9.78 Å². The molecule has 25 heavy (non-hydrogen) atoms. The lowest BCUT2D eigenvalue weighted by Gasteiger charge is -2.38. The van der Waals surface area contributed by atoms with Crippen molar-refractivity contribution in [1.82, 2.24) is 4.98 Å². The van der Waals surface area contributed by atoms with Crippen molar-refractivity contribution in [2.45, 2.75) is 6.10 Å². The molecule has 1 aliphatic heterocycles. The molecule has 0 bridgehead atoms. The number of carbonyl (C=O) groups excluding carboxylic acids is 1. The average molecular weight is 375 g/mol. The summed E-state index contributed by atoms with van der Waals surface area (Å²) in [5.41, 5.74) is 1.26. The summed E-state index contributed by atoms with van der Waals surface area (Å²) < 4.78 is 11.9. The molecule has 0 atom stereocenters. The number of rotatable bonds is 4. The predicted octanol–water partition coefficient (Wildman–Crippen LogP) is 4.00. The fourth-order valence-electron chi connectivity index (χ4n) is 2.72. The van der Waals surface area contributed by atoms with E-state index in [1.54, 1.807) is 42.7 Å². The van der Waals surface area contributed by atoms with Gasteiger partial charge in [-0.3, -0.25) is 0 Å². The Balaban J connectivity index is 1.42. The number of nitrogens with zero attached hydrogens (tertiary/aromatic N) is 2. The van der Waals surface area contributed by atoms with Crippen LogP contribution in [0, 0.1) is 0 Å². The minimum absolute atomic E-state index is 0.155. The van der Waals surface area contributed by atoms with Gasteiger partial charge in [0.1, 0.15) is 17.4 Å². The molecular formula is C18H15ClN2O3S. The van der Waals surface area contributed by atoms with Crippen LogP contribution in [0.4, 0.5) is 5.13 Å². The molecule has 0 aliphatic carbocycles. The number of para-hydroxylation sites is 1. The van der Waals surface area contributed by atoms with Gasteiger partial charge in [0.25, 0.3) is 0 Å². The Morgan fingerprint density at radius 2 is 2.04 bits per heavy atom. The number of esters is 1. The monoisotopic (exact) mass is 374 g/mol. The van der Waals surface area contributed by atoms with Gasteiger partial charge in [-0.2, -0.15) is 0 Å². The van der Waals surface area contributed by atoms with Crippen LogP contribution in [0.25, 0.3) is 10.2 Å². The molecule has 1 fully saturated rings. The maximum absolute atomic E-state index is 12.2. The van der Waals surface area contributed by atoms with Crippen LogP contribution in [0.1, 0.15) is 10.4 Å². The Labute approximate surface area is 153 Å². The minimum atomic E-state index is -0.388. The smallest absolute Gasteiger partial charge is 0.340 e. The lowest BCUT2D eigenvalue weighted by atomic mass is 10.2. The predicted molar refractivity (Wildman–Crippen MR) is 99.0 cm³/mol. The van der Waals surface area contributed by atoms with Gasteiger partial charge in [0.05, 0.1) is 35.5 Å². The lowest BCUT2D eigenvalue weighted by Crippen LogP contribution is -2.53. The minimum Gasteiger partial charge on any atom is -0.494 e. The Morgan fingerprint density at radius 3 is 2.80 bits per heavy atom. The number of fused-ring (bicyclic) bond motifs is 1. The van der Waals surface area contributed by atoms with E-state index < -0.39 is 0 Å². The van der Waals surface area contributed by atoms with Crippen LogP contribution >= 0.6 is 22.9 Å². The normalized spacial score (nSPS) is 14.4. The van der Waals surface area contributed by atoms with Gasteiger partial charge in [0.15, 0.2) is 5.13 Å². The molecule has 1 saturated heterocycles. The van der Waals surface area contributed by atoms with Gasteiger partial charge >= 0.3 is 5.97 Å². The van der Waals surface area contributed by atoms with E-state index in [9.17, 15) is 4.79 Å². The van der Waals surface area contributed by atoms with E-state index in [4.69, 9.17) is 21.1 Å². The zero-order valence-electron chi connectivity index (χ0n) is 13.4. The number of methoxy groups -OCH3 is 1. The van der Waals surface area contributed by atoms with Crippen LogP contribution in [0.3, 0.4) is 0 Å². The third kappa shape index (κ3) is 3.03. The van der Waals surface area contributed by atoms with E-state index in [1.165, 1.54) is 0 Å². The van der Waals surface area contributed by atoms with Gasteiger partial charge < -0.3 is 14.4 Å². The number of benzene rings is 2. The fraction of sp³-hybridized carbons (Fsp3) is 0.222. The molecule has 5 nitrogen and oxygen atoms in total. The molecule has 1 aromatic heterocycles. The van der Waals surface area contributed by atoms with Crippen LogP contribution in [0.15, 0.2) is 42.5 Å². The lowest BCUT2D eigenvalue weighted by molar-refractivity contribution is 0.0234. The molecule has 0 spiro atoms. The van der Waals surface area contributed by atoms with E-state index in [0.29, 0.717) is 23.7 Å². The van der Waals surface area contributed by atoms with Crippen molar-refractivity contribution in [2.75, 3.05) is 25.1 Å². The van der Waals surface area contributed by atoms with Crippen LogP contribution in [-0.2, 0) is 4.74 Å². The highest BCUT2D eigenvalue weighted by Gasteiger charge is 2.33. The van der Waals surface area contributed by atoms with Crippen molar-refractivity contribution in [3.63, 3.8) is 0 Å². The standard InChI is InChI=1S/C18H15ClN2O3S/c1-23-14-7-4-8-15-16(14)20-18(25-15)21-9-11(10-21)24-17(22)12-5-2-3-6-13(12)19/h2-8,11H,9-10H2,1H3. The maximum atomic E-state index is 12.2. The number of halogens is 1. The second kappa shape index (κ2) is 6.54. The summed E-state index contributed by atoms with van der Waals surface area (Å²) in [6.45, 7) is 1.25. The largest absolute Gasteiger partial charge is 0.494 e. The van der Waals surface area contributed by atoms with Gasteiger partial charge in [0, 0.05) is 0 Å². The molecule has 3 aromatic rings. The zero-order chi connectivity index (χ0) is 17.4. The molecule has 0 radical (unpaired) electrons. The molecular weight excluding hydrogens is 360 g/mol. The number of anilines is 1. The van der Waals surface area contributed by atoms with E-state index in [1.807, 2.05) is 18.2 Å². The molecule has 0 amide bonds. The topological polar surface area (TPSA) is 51.7 Å². The van der Waals surface area contributed by atoms with Gasteiger partial charge in [-0.15, -0.1) is 0 Å². The first kappa shape index (κ1) is 16.2. The quantitative estimate of drug-likeness (QED) is 0.646. The summed E-state index contributed by atoms with van der Waals surface area (Å²) in [5.74, 6) is 0.378. The first-order chi connectivity index (χ1) is 12.2. The highest BCUT2D eigenvalue weighted by molar-refractivity contribution is 7.22. The van der Waals surface area contributed by atoms with Crippen molar-refractivity contribution >= 4 is 44.3 Å². The molecule has 7 heteroatoms. The number of hydrogen-bond donors (Lipinski definition) is 0. The number of hydrogen-bond acceptors (Lipinski definition) is 6. The summed E-state index contributed by atoms with van der Waals surface area (Å²) in [6.07, 6.45) is -0.155. The zero-order valence-corrected chi connectivity index (χ0v) is 15.0. The summed E-state index contributed by atoms with van der Waals surface area (Å²) >= 11 is 7.63. The van der Waals surface area contributed by atoms with Crippen molar-refractivity contribution in [1.29, 1.82) is 0 Å². The Bertz CT molecular complexity index is 937. The third-order valence-electron chi connectivity index (χ3n) is 4.08. The molecule has 128 valence electrons. The molecule has 4 rings (SSSR count). The maximum Gasteiger partial charge on any atom is 0.340 e. The molecule has 0 N–H and O–H groups in total. The van der Waals surface area contributed by atoms with Gasteiger partial charge in [-0.1, -0.05) is 41.1 Å². The average Bonchev–Trinajstić information content (AvgIpc) is 3.01. The first-order valence-corrected chi connectivity index (χ1v) is 8.99. The summed E-state index contributed by atoms with van der Waals surface area (Å²) in [6, 6.07) is 12.8. The van der Waals surface area contributed by atoms with Crippen molar-refractivity contribution in [2.24, 2.45) is 0 Å². The molecule has 0 unspecified atom stereocenters. The van der Waals surface area contributed by atoms with Crippen LogP contribution in [-0.4, -0.2) is 37.3 Å². The van der Waals surface area contributed by atoms with Crippen molar-refractivity contribution < 1.29 is 14.3 Å². The van der Waals surface area contributed by atoms with Gasteiger partial charge in [0.2, 0.25) is 0 Å². The van der Waals surface area contributed by atoms with E-state index in [2.05, 4.69) is 9.88 Å². The second-order valence-corrected chi connectivity index (χ2v) is 7.13. The highest BCUT2D eigenvalue weighted by Crippen LogP contribution is 2.36. The number of aromatic nitrogens is 1. The summed E-state index contributed by atoms with van der Waals surface area (Å²) in [5, 5.41) is 1.31. The molecule has 2 heterocycles. The number of thiazole rings is 1. The number of carbonyl (C=O) groups is 1. The van der Waals surface area contributed by atoms with Crippen molar-refractivity contribution in [3.8, 4) is 5.75 Å². The summed E-state index contributed by atoms with van der Waals surface area (Å²) in [7, 11) is 1.64.